The fraction of sp³-hybridized carbons (Fsp3) is 0.286. The van der Waals surface area contributed by atoms with Crippen molar-refractivity contribution in [1.29, 1.82) is 0 Å². The van der Waals surface area contributed by atoms with Gasteiger partial charge in [-0.2, -0.15) is 0 Å². The summed E-state index contributed by atoms with van der Waals surface area (Å²) in [6, 6.07) is 17.1. The Kier molecular flexibility index (Phi) is 6.29. The van der Waals surface area contributed by atoms with E-state index in [2.05, 4.69) is 10.3 Å². The highest BCUT2D eigenvalue weighted by Crippen LogP contribution is 2.23. The van der Waals surface area contributed by atoms with Crippen molar-refractivity contribution in [3.63, 3.8) is 0 Å². The van der Waals surface area contributed by atoms with E-state index in [1.54, 1.807) is 10.6 Å². The van der Waals surface area contributed by atoms with Crippen molar-refractivity contribution in [2.75, 3.05) is 6.54 Å². The second-order valence-corrected chi connectivity index (χ2v) is 7.65. The maximum Gasteiger partial charge on any atom is 0.262 e. The van der Waals surface area contributed by atoms with Gasteiger partial charge in [0.25, 0.3) is 5.56 Å². The molecule has 27 heavy (non-hydrogen) atoms. The third-order valence-electron chi connectivity index (χ3n) is 4.21. The number of aromatic nitrogens is 2. The Morgan fingerprint density at radius 2 is 1.85 bits per heavy atom. The summed E-state index contributed by atoms with van der Waals surface area (Å²) < 4.78 is 1.66. The number of para-hydroxylation sites is 1. The van der Waals surface area contributed by atoms with E-state index in [1.807, 2.05) is 62.4 Å². The van der Waals surface area contributed by atoms with Crippen molar-refractivity contribution < 1.29 is 4.79 Å². The summed E-state index contributed by atoms with van der Waals surface area (Å²) >= 11 is 1.32. The van der Waals surface area contributed by atoms with Crippen molar-refractivity contribution in [2.24, 2.45) is 0 Å². The Balaban J connectivity index is 2.00. The highest BCUT2D eigenvalue weighted by atomic mass is 32.2. The van der Waals surface area contributed by atoms with Gasteiger partial charge in [0.2, 0.25) is 5.91 Å². The molecule has 0 fully saturated rings. The lowest BCUT2D eigenvalue weighted by atomic mass is 10.2. The van der Waals surface area contributed by atoms with Crippen LogP contribution in [0.3, 0.4) is 0 Å². The summed E-state index contributed by atoms with van der Waals surface area (Å²) in [7, 11) is 0. The average Bonchev–Trinajstić information content (AvgIpc) is 2.69. The lowest BCUT2D eigenvalue weighted by Crippen LogP contribution is -2.32. The number of thioether (sulfide) groups is 1. The maximum atomic E-state index is 13.1. The Labute approximate surface area is 162 Å². The molecule has 140 valence electrons. The molecule has 0 saturated carbocycles. The summed E-state index contributed by atoms with van der Waals surface area (Å²) in [4.78, 5) is 30.0. The number of hydrogen-bond donors (Lipinski definition) is 1. The van der Waals surface area contributed by atoms with E-state index < -0.39 is 0 Å². The fourth-order valence-electron chi connectivity index (χ4n) is 2.75. The molecule has 0 aliphatic carbocycles. The number of carbonyl (C=O) groups is 1. The molecule has 0 radical (unpaired) electrons. The maximum absolute atomic E-state index is 13.1. The molecule has 1 heterocycles. The molecule has 0 saturated heterocycles. The number of amides is 1. The predicted octanol–water partition coefficient (Wildman–Crippen LogP) is 3.45. The molecule has 3 rings (SSSR count). The van der Waals surface area contributed by atoms with Crippen LogP contribution in [0, 0.1) is 0 Å². The minimum atomic E-state index is -0.341. The van der Waals surface area contributed by atoms with Crippen molar-refractivity contribution in [3.8, 4) is 0 Å². The van der Waals surface area contributed by atoms with Gasteiger partial charge in [-0.3, -0.25) is 14.2 Å². The van der Waals surface area contributed by atoms with Gasteiger partial charge in [-0.05, 0) is 31.0 Å². The number of fused-ring (bicyclic) bond motifs is 1. The highest BCUT2D eigenvalue weighted by molar-refractivity contribution is 8.00. The Morgan fingerprint density at radius 3 is 2.59 bits per heavy atom. The van der Waals surface area contributed by atoms with Crippen LogP contribution in [0.25, 0.3) is 10.9 Å². The van der Waals surface area contributed by atoms with E-state index in [0.29, 0.717) is 29.1 Å². The zero-order valence-corrected chi connectivity index (χ0v) is 16.3. The molecule has 1 atom stereocenters. The van der Waals surface area contributed by atoms with Gasteiger partial charge >= 0.3 is 0 Å². The van der Waals surface area contributed by atoms with E-state index in [1.165, 1.54) is 11.8 Å². The smallest absolute Gasteiger partial charge is 0.262 e. The van der Waals surface area contributed by atoms with Crippen LogP contribution < -0.4 is 10.9 Å². The molecule has 5 nitrogen and oxygen atoms in total. The lowest BCUT2D eigenvalue weighted by molar-refractivity contribution is -0.120. The van der Waals surface area contributed by atoms with E-state index in [9.17, 15) is 9.59 Å². The van der Waals surface area contributed by atoms with E-state index in [0.717, 1.165) is 12.0 Å². The molecule has 1 aromatic heterocycles. The summed E-state index contributed by atoms with van der Waals surface area (Å²) in [5, 5.41) is 3.70. The first-order valence-corrected chi connectivity index (χ1v) is 9.96. The second kappa shape index (κ2) is 8.86. The van der Waals surface area contributed by atoms with E-state index in [-0.39, 0.29) is 16.7 Å². The first-order chi connectivity index (χ1) is 13.1. The molecule has 1 unspecified atom stereocenters. The van der Waals surface area contributed by atoms with Gasteiger partial charge < -0.3 is 5.32 Å². The van der Waals surface area contributed by atoms with Crippen LogP contribution in [0.2, 0.25) is 0 Å². The van der Waals surface area contributed by atoms with Gasteiger partial charge in [0.1, 0.15) is 0 Å². The molecule has 0 aliphatic heterocycles. The molecular weight excluding hydrogens is 358 g/mol. The first kappa shape index (κ1) is 19.2. The van der Waals surface area contributed by atoms with Crippen molar-refractivity contribution in [3.05, 3.63) is 70.5 Å². The molecule has 6 heteroatoms. The first-order valence-electron chi connectivity index (χ1n) is 9.08. The number of benzene rings is 2. The standard InChI is InChI=1S/C21H23N3O2S/c1-3-13-22-19(25)15(2)27-21-23-18-12-8-7-11-17(18)20(26)24(21)14-16-9-5-4-6-10-16/h4-12,15H,3,13-14H2,1-2H3,(H,22,25). The minimum Gasteiger partial charge on any atom is -0.355 e. The third kappa shape index (κ3) is 4.57. The number of nitrogens with one attached hydrogen (secondary N) is 1. The second-order valence-electron chi connectivity index (χ2n) is 6.34. The van der Waals surface area contributed by atoms with Gasteiger partial charge in [0.15, 0.2) is 5.16 Å². The number of nitrogens with zero attached hydrogens (tertiary/aromatic N) is 2. The van der Waals surface area contributed by atoms with Crippen LogP contribution in [0.1, 0.15) is 25.8 Å². The lowest BCUT2D eigenvalue weighted by Gasteiger charge is -2.16. The minimum absolute atomic E-state index is 0.0458. The molecule has 0 bridgehead atoms. The average molecular weight is 382 g/mol. The van der Waals surface area contributed by atoms with Gasteiger partial charge in [-0.25, -0.2) is 4.98 Å². The molecule has 3 aromatic rings. The van der Waals surface area contributed by atoms with Crippen LogP contribution in [-0.2, 0) is 11.3 Å². The zero-order valence-electron chi connectivity index (χ0n) is 15.5. The molecule has 1 N–H and O–H groups in total. The summed E-state index contributed by atoms with van der Waals surface area (Å²) in [6.07, 6.45) is 0.885. The number of rotatable bonds is 7. The fourth-order valence-corrected chi connectivity index (χ4v) is 3.68. The van der Waals surface area contributed by atoms with E-state index >= 15 is 0 Å². The molecular formula is C21H23N3O2S. The molecule has 2 aromatic carbocycles. The molecule has 0 aliphatic rings. The number of carbonyl (C=O) groups excluding carboxylic acids is 1. The van der Waals surface area contributed by atoms with Gasteiger partial charge in [0, 0.05) is 6.54 Å². The Hall–Kier alpha value is -2.60. The van der Waals surface area contributed by atoms with Crippen molar-refractivity contribution in [1.82, 2.24) is 14.9 Å². The normalized spacial score (nSPS) is 12.1. The summed E-state index contributed by atoms with van der Waals surface area (Å²) in [5.74, 6) is -0.0458. The quantitative estimate of drug-likeness (QED) is 0.503. The Bertz CT molecular complexity index is 986. The molecule has 1 amide bonds. The highest BCUT2D eigenvalue weighted by Gasteiger charge is 2.19. The van der Waals surface area contributed by atoms with Crippen LogP contribution in [0.15, 0.2) is 64.5 Å². The summed E-state index contributed by atoms with van der Waals surface area (Å²) in [5.41, 5.74) is 1.57. The number of hydrogen-bond acceptors (Lipinski definition) is 4. The van der Waals surface area contributed by atoms with Crippen LogP contribution in [-0.4, -0.2) is 27.3 Å². The van der Waals surface area contributed by atoms with Crippen LogP contribution in [0.5, 0.6) is 0 Å². The van der Waals surface area contributed by atoms with Crippen LogP contribution in [0.4, 0.5) is 0 Å². The van der Waals surface area contributed by atoms with E-state index in [4.69, 9.17) is 0 Å². The molecule has 0 spiro atoms. The van der Waals surface area contributed by atoms with Crippen LogP contribution >= 0.6 is 11.8 Å². The topological polar surface area (TPSA) is 64.0 Å². The predicted molar refractivity (Wildman–Crippen MR) is 110 cm³/mol. The SMILES string of the molecule is CCCNC(=O)C(C)Sc1nc2ccccc2c(=O)n1Cc1ccccc1. The van der Waals surface area contributed by atoms with Crippen molar-refractivity contribution >= 4 is 28.6 Å². The summed E-state index contributed by atoms with van der Waals surface area (Å²) in [6.45, 7) is 4.92. The Morgan fingerprint density at radius 1 is 1.15 bits per heavy atom. The third-order valence-corrected chi connectivity index (χ3v) is 5.30. The van der Waals surface area contributed by atoms with Gasteiger partial charge in [-0.15, -0.1) is 0 Å². The van der Waals surface area contributed by atoms with Crippen molar-refractivity contribution in [2.45, 2.75) is 37.2 Å². The van der Waals surface area contributed by atoms with Gasteiger partial charge in [-0.1, -0.05) is 61.2 Å². The largest absolute Gasteiger partial charge is 0.355 e. The zero-order chi connectivity index (χ0) is 19.2. The monoisotopic (exact) mass is 381 g/mol. The van der Waals surface area contributed by atoms with Gasteiger partial charge in [0.05, 0.1) is 22.7 Å².